The number of aliphatic hydroxyl groups is 2. The third-order valence-corrected chi connectivity index (χ3v) is 12.3. The van der Waals surface area contributed by atoms with Gasteiger partial charge in [-0.1, -0.05) is 13.8 Å². The summed E-state index contributed by atoms with van der Waals surface area (Å²) in [5.41, 5.74) is 7.28. The van der Waals surface area contributed by atoms with Crippen LogP contribution < -0.4 is 5.32 Å². The number of esters is 1. The first-order valence-corrected chi connectivity index (χ1v) is 19.9. The molecule has 362 valence electrons. The second kappa shape index (κ2) is 16.3. The maximum atomic E-state index is 14.6. The van der Waals surface area contributed by atoms with Crippen LogP contribution in [0.1, 0.15) is 67.2 Å². The van der Waals surface area contributed by atoms with Gasteiger partial charge in [0, 0.05) is 52.8 Å². The summed E-state index contributed by atoms with van der Waals surface area (Å²) in [6.07, 6.45) is -3.02. The number of rotatable bonds is 14. The lowest BCUT2D eigenvalue weighted by atomic mass is 9.86. The van der Waals surface area contributed by atoms with Gasteiger partial charge >= 0.3 is 53.9 Å². The molecule has 6 rings (SSSR count). The molecule has 0 aromatic carbocycles. The van der Waals surface area contributed by atoms with Crippen molar-refractivity contribution in [3.8, 4) is 0 Å². The lowest BCUT2D eigenvalue weighted by molar-refractivity contribution is -0.447. The van der Waals surface area contributed by atoms with E-state index in [2.05, 4.69) is 10.1 Å². The van der Waals surface area contributed by atoms with Crippen LogP contribution >= 0.6 is 0 Å². The van der Waals surface area contributed by atoms with E-state index in [0.29, 0.717) is 79.9 Å². The van der Waals surface area contributed by atoms with E-state index in [1.807, 2.05) is 13.8 Å². The average Bonchev–Trinajstić information content (AvgIpc) is 3.97. The van der Waals surface area contributed by atoms with E-state index in [1.54, 1.807) is 39.0 Å². The average molecular weight is 967 g/mol. The number of carbonyl (C=O) groups excluding carboxylic acids is 1. The van der Waals surface area contributed by atoms with Crippen molar-refractivity contribution in [2.75, 3.05) is 6.61 Å². The summed E-state index contributed by atoms with van der Waals surface area (Å²) >= 11 is 0. The van der Waals surface area contributed by atoms with Gasteiger partial charge in [0.2, 0.25) is 0 Å². The smallest absolute Gasteiger partial charge is 0.385 e. The molecule has 8 bridgehead atoms. The van der Waals surface area contributed by atoms with Crippen LogP contribution in [0.2, 0.25) is 0 Å². The van der Waals surface area contributed by atoms with Crippen molar-refractivity contribution >= 4 is 23.1 Å². The zero-order valence-corrected chi connectivity index (χ0v) is 35.2. The van der Waals surface area contributed by atoms with Crippen molar-refractivity contribution in [1.82, 2.24) is 5.32 Å². The van der Waals surface area contributed by atoms with Crippen LogP contribution in [0.5, 0.6) is 0 Å². The van der Waals surface area contributed by atoms with Crippen LogP contribution in [0.4, 0.5) is 70.2 Å². The Morgan fingerprint density at radius 2 is 1.36 bits per heavy atom. The Hall–Kier alpha value is -5.16. The number of nitrogens with zero attached hydrogens (tertiary/aromatic N) is 3. The number of nitrogens with one attached hydrogen (secondary N) is 1. The molecule has 0 amide bonds. The molecule has 6 aliphatic rings. The number of hydrogen-bond acceptors (Lipinski definition) is 8. The molecule has 8 nitrogen and oxygen atoms in total. The fourth-order valence-electron chi connectivity index (χ4n) is 8.43. The third kappa shape index (κ3) is 7.33. The number of carbonyl (C=O) groups is 1. The predicted octanol–water partition coefficient (Wildman–Crippen LogP) is 11.1. The van der Waals surface area contributed by atoms with Crippen molar-refractivity contribution in [1.29, 1.82) is 0 Å². The normalized spacial score (nSPS) is 22.6. The van der Waals surface area contributed by atoms with E-state index in [9.17, 15) is 85.3 Å². The number of allylic oxidation sites excluding steroid dienone is 11. The van der Waals surface area contributed by atoms with Gasteiger partial charge in [-0.25, -0.2) is 23.8 Å². The largest absolute Gasteiger partial charge is 0.511 e. The van der Waals surface area contributed by atoms with Gasteiger partial charge in [-0.05, 0) is 81.1 Å². The Morgan fingerprint density at radius 1 is 0.803 bits per heavy atom. The minimum absolute atomic E-state index is 0.116. The Morgan fingerprint density at radius 3 is 1.94 bits per heavy atom. The molecule has 1 fully saturated rings. The van der Waals surface area contributed by atoms with Crippen molar-refractivity contribution in [3.63, 3.8) is 0 Å². The molecule has 0 aromatic heterocycles. The molecule has 0 radical (unpaired) electrons. The second-order valence-electron chi connectivity index (χ2n) is 16.4. The molecule has 0 saturated carbocycles. The standard InChI is InChI=1S/C42H38F16N4O4/c1-7-20-15(2)23-13-28-31(19(6)63)17(4)25(60-28)11-24-16(3)21(33(61-24)22-10-29(64)32-18(5)26(62-34(22)32)12-27(20)59-23)8-9-30(65)66-14-36(45,46)38(49,50)40(53,54)42(57,58)41(55,56)39(51,52)37(47,48)35(43)44/h11-13,16,19,21,35,61,63-64H,7-10,14H2,1-6H3/t16-,19+,21-/m0/s1. The molecule has 5 heterocycles. The molecule has 3 N–H and O–H groups in total. The fraction of sp³-hybridized carbons (Fsp3) is 0.524. The van der Waals surface area contributed by atoms with Crippen LogP contribution in [0.3, 0.4) is 0 Å². The van der Waals surface area contributed by atoms with Gasteiger partial charge in [-0.2, -0.15) is 61.5 Å². The minimum atomic E-state index is -8.58. The Labute approximate surface area is 364 Å². The second-order valence-corrected chi connectivity index (χ2v) is 16.4. The molecule has 3 atom stereocenters. The predicted molar refractivity (Wildman–Crippen MR) is 205 cm³/mol. The monoisotopic (exact) mass is 966 g/mol. The van der Waals surface area contributed by atoms with Gasteiger partial charge in [-0.15, -0.1) is 0 Å². The van der Waals surface area contributed by atoms with Gasteiger partial charge in [0.1, 0.15) is 5.76 Å². The number of aliphatic imine (C=N–C) groups is 3. The zero-order chi connectivity index (χ0) is 49.8. The first-order valence-electron chi connectivity index (χ1n) is 19.9. The van der Waals surface area contributed by atoms with Crippen LogP contribution in [-0.2, 0) is 9.53 Å². The van der Waals surface area contributed by atoms with Gasteiger partial charge in [0.15, 0.2) is 6.61 Å². The fourth-order valence-corrected chi connectivity index (χ4v) is 8.43. The van der Waals surface area contributed by atoms with E-state index in [-0.39, 0.29) is 12.2 Å². The summed E-state index contributed by atoms with van der Waals surface area (Å²) in [6.45, 7) is 7.06. The maximum absolute atomic E-state index is 14.6. The first kappa shape index (κ1) is 50.3. The summed E-state index contributed by atoms with van der Waals surface area (Å²) in [4.78, 5) is 27.2. The molecule has 5 aliphatic heterocycles. The van der Waals surface area contributed by atoms with E-state index in [4.69, 9.17) is 15.0 Å². The van der Waals surface area contributed by atoms with Crippen molar-refractivity contribution < 1.29 is 90.0 Å². The lowest BCUT2D eigenvalue weighted by Crippen LogP contribution is -2.74. The summed E-state index contributed by atoms with van der Waals surface area (Å²) in [5, 5.41) is 25.3. The molecule has 1 aliphatic carbocycles. The van der Waals surface area contributed by atoms with Crippen molar-refractivity contribution in [2.45, 2.75) is 121 Å². The highest BCUT2D eigenvalue weighted by atomic mass is 19.4. The van der Waals surface area contributed by atoms with Crippen LogP contribution in [0.25, 0.3) is 0 Å². The van der Waals surface area contributed by atoms with Gasteiger partial charge < -0.3 is 20.3 Å². The number of fused-ring (bicyclic) bond motifs is 5. The Balaban J connectivity index is 1.31. The number of hydrogen-bond donors (Lipinski definition) is 3. The van der Waals surface area contributed by atoms with Crippen LogP contribution in [-0.4, -0.2) is 93.9 Å². The molecule has 0 aromatic rings. The summed E-state index contributed by atoms with van der Waals surface area (Å²) in [7, 11) is 0. The SMILES string of the molecule is CCC1=C(C)C2=NC1=CC1=C(C)C3=C(O)CC(=C4NC(=CC5=NC(=C2)C([C@@H](C)O)=C5C)[C@@H](C)[C@@H]4CCC(=O)OCC(F)(F)C(F)(F)C(F)(F)C(F)(F)C(F)(F)C(F)(F)C(F)(F)C(F)F)C3=N1. The highest BCUT2D eigenvalue weighted by molar-refractivity contribution is 6.21. The number of ether oxygens (including phenoxy) is 1. The van der Waals surface area contributed by atoms with Gasteiger partial charge in [0.05, 0.1) is 40.3 Å². The molecule has 1 saturated heterocycles. The highest BCUT2D eigenvalue weighted by Crippen LogP contribution is 2.63. The molecule has 66 heavy (non-hydrogen) atoms. The lowest BCUT2D eigenvalue weighted by Gasteiger charge is -2.42. The molecular weight excluding hydrogens is 928 g/mol. The molecule has 0 spiro atoms. The Kier molecular flexibility index (Phi) is 12.4. The van der Waals surface area contributed by atoms with Crippen LogP contribution in [0, 0.1) is 11.8 Å². The summed E-state index contributed by atoms with van der Waals surface area (Å²) in [5.74, 6) is -59.6. The Bertz CT molecular complexity index is 2500. The third-order valence-electron chi connectivity index (χ3n) is 12.3. The minimum Gasteiger partial charge on any atom is -0.511 e. The van der Waals surface area contributed by atoms with E-state index in [0.717, 1.165) is 11.1 Å². The zero-order valence-electron chi connectivity index (χ0n) is 35.2. The molecule has 24 heteroatoms. The summed E-state index contributed by atoms with van der Waals surface area (Å²) < 4.78 is 226. The van der Waals surface area contributed by atoms with Gasteiger partial charge in [-0.3, -0.25) is 4.79 Å². The van der Waals surface area contributed by atoms with E-state index in [1.165, 1.54) is 6.92 Å². The van der Waals surface area contributed by atoms with E-state index < -0.39 is 91.2 Å². The van der Waals surface area contributed by atoms with Gasteiger partial charge in [0.25, 0.3) is 0 Å². The summed E-state index contributed by atoms with van der Waals surface area (Å²) in [6, 6.07) is 0. The van der Waals surface area contributed by atoms with Crippen LogP contribution in [0.15, 0.2) is 106 Å². The highest BCUT2D eigenvalue weighted by Gasteiger charge is 2.93. The quantitative estimate of drug-likeness (QED) is 0.118. The topological polar surface area (TPSA) is 116 Å². The number of aliphatic hydroxyl groups excluding tert-OH is 2. The molecular formula is C42H38F16N4O4. The van der Waals surface area contributed by atoms with E-state index >= 15 is 0 Å². The molecule has 0 unspecified atom stereocenters. The maximum Gasteiger partial charge on any atom is 0.385 e. The van der Waals surface area contributed by atoms with Crippen molar-refractivity contribution in [2.24, 2.45) is 26.8 Å². The van der Waals surface area contributed by atoms with Crippen molar-refractivity contribution in [3.05, 3.63) is 91.5 Å². The number of alkyl halides is 16. The number of halogens is 16. The first-order chi connectivity index (χ1) is 30.1.